The topological polar surface area (TPSA) is 172 Å². The fourth-order valence-electron chi connectivity index (χ4n) is 5.85. The van der Waals surface area contributed by atoms with Gasteiger partial charge in [-0.15, -0.1) is 0 Å². The molecule has 0 saturated carbocycles. The molecule has 0 aromatic rings. The van der Waals surface area contributed by atoms with Gasteiger partial charge in [-0.25, -0.2) is 4.57 Å². The number of phosphoric ester groups is 1. The Labute approximate surface area is 363 Å². The summed E-state index contributed by atoms with van der Waals surface area (Å²) in [5, 5.41) is 8.90. The third-order valence-corrected chi connectivity index (χ3v) is 10.4. The van der Waals surface area contributed by atoms with Gasteiger partial charge in [0, 0.05) is 12.8 Å². The summed E-state index contributed by atoms with van der Waals surface area (Å²) >= 11 is 0. The largest absolute Gasteiger partial charge is 0.480 e. The van der Waals surface area contributed by atoms with E-state index in [-0.39, 0.29) is 19.4 Å². The van der Waals surface area contributed by atoms with E-state index in [9.17, 15) is 23.8 Å². The summed E-state index contributed by atoms with van der Waals surface area (Å²) in [6, 6.07) is -1.53. The molecule has 0 amide bonds. The van der Waals surface area contributed by atoms with E-state index in [0.29, 0.717) is 12.8 Å². The predicted octanol–water partition coefficient (Wildman–Crippen LogP) is 12.5. The molecule has 4 N–H and O–H groups in total. The Balaban J connectivity index is 4.40. The number of hydrogen-bond donors (Lipinski definition) is 3. The Kier molecular flexibility index (Phi) is 40.4. The predicted molar refractivity (Wildman–Crippen MR) is 244 cm³/mol. The number of aliphatic carboxylic acids is 1. The van der Waals surface area contributed by atoms with Crippen LogP contribution in [0.1, 0.15) is 181 Å². The first-order valence-corrected chi connectivity index (χ1v) is 24.5. The Morgan fingerprint density at radius 2 is 0.933 bits per heavy atom. The molecule has 60 heavy (non-hydrogen) atoms. The summed E-state index contributed by atoms with van der Waals surface area (Å²) in [6.45, 7) is 2.64. The second kappa shape index (κ2) is 42.6. The third-order valence-electron chi connectivity index (χ3n) is 9.44. The van der Waals surface area contributed by atoms with Gasteiger partial charge in [-0.1, -0.05) is 157 Å². The first kappa shape index (κ1) is 56.9. The zero-order valence-corrected chi connectivity index (χ0v) is 38.2. The van der Waals surface area contributed by atoms with Gasteiger partial charge in [0.25, 0.3) is 0 Å². The number of carboxylic acid groups (broad SMARTS) is 1. The van der Waals surface area contributed by atoms with E-state index in [1.54, 1.807) is 0 Å². The van der Waals surface area contributed by atoms with Gasteiger partial charge >= 0.3 is 25.7 Å². The second-order valence-electron chi connectivity index (χ2n) is 15.1. The number of phosphoric acid groups is 1. The molecular weight excluding hydrogens is 781 g/mol. The summed E-state index contributed by atoms with van der Waals surface area (Å²) in [7, 11) is -4.73. The van der Waals surface area contributed by atoms with E-state index in [1.165, 1.54) is 70.6 Å². The lowest BCUT2D eigenvalue weighted by molar-refractivity contribution is -0.161. The van der Waals surface area contributed by atoms with Crippen molar-refractivity contribution in [1.29, 1.82) is 0 Å². The number of nitrogens with two attached hydrogens (primary N) is 1. The molecule has 11 nitrogen and oxygen atoms in total. The van der Waals surface area contributed by atoms with Crippen LogP contribution in [0.2, 0.25) is 0 Å². The van der Waals surface area contributed by atoms with Crippen LogP contribution in [0.25, 0.3) is 0 Å². The highest BCUT2D eigenvalue weighted by Crippen LogP contribution is 2.43. The number of hydrogen-bond acceptors (Lipinski definition) is 9. The quantitative estimate of drug-likeness (QED) is 0.0231. The summed E-state index contributed by atoms with van der Waals surface area (Å²) in [6.07, 6.45) is 51.0. The average Bonchev–Trinajstić information content (AvgIpc) is 3.22. The molecule has 0 heterocycles. The number of allylic oxidation sites excluding steroid dienone is 12. The SMILES string of the molecule is CC/C=C/C/C=C/C/C=C/C/C=C/C/C=C/CCCCCC(=O)OC[C@H](COP(=O)(O)OC[C@H](N)C(=O)O)OC(=O)CCCCCCCCCCC/C=C/CCCCCC. The van der Waals surface area contributed by atoms with E-state index in [1.807, 2.05) is 0 Å². The Hall–Kier alpha value is -3.08. The van der Waals surface area contributed by atoms with E-state index in [4.69, 9.17) is 24.8 Å². The molecule has 0 aromatic heterocycles. The Morgan fingerprint density at radius 1 is 0.533 bits per heavy atom. The number of carbonyl (C=O) groups excluding carboxylic acids is 2. The van der Waals surface area contributed by atoms with E-state index in [2.05, 4.69) is 91.3 Å². The maximum absolute atomic E-state index is 12.7. The molecule has 0 aliphatic carbocycles. The number of rotatable bonds is 42. The minimum absolute atomic E-state index is 0.148. The molecule has 0 aromatic carbocycles. The van der Waals surface area contributed by atoms with Crippen LogP contribution in [0, 0.1) is 0 Å². The van der Waals surface area contributed by atoms with Crippen molar-refractivity contribution in [2.24, 2.45) is 5.73 Å². The number of carboxylic acids is 1. The number of ether oxygens (including phenoxy) is 2. The van der Waals surface area contributed by atoms with Crippen LogP contribution in [0.15, 0.2) is 72.9 Å². The van der Waals surface area contributed by atoms with Gasteiger partial charge in [0.1, 0.15) is 12.6 Å². The molecule has 1 unspecified atom stereocenters. The minimum atomic E-state index is -4.73. The highest BCUT2D eigenvalue weighted by molar-refractivity contribution is 7.47. The summed E-state index contributed by atoms with van der Waals surface area (Å²) in [5.74, 6) is -2.43. The van der Waals surface area contributed by atoms with Crippen molar-refractivity contribution >= 4 is 25.7 Å². The molecule has 0 fully saturated rings. The molecular formula is C48H82NO10P. The second-order valence-corrected chi connectivity index (χ2v) is 16.6. The van der Waals surface area contributed by atoms with E-state index < -0.39 is 51.1 Å². The van der Waals surface area contributed by atoms with Crippen molar-refractivity contribution in [1.82, 2.24) is 0 Å². The van der Waals surface area contributed by atoms with Gasteiger partial charge in [-0.3, -0.25) is 23.4 Å². The maximum Gasteiger partial charge on any atom is 0.472 e. The van der Waals surface area contributed by atoms with Crippen LogP contribution in [0.5, 0.6) is 0 Å². The average molecular weight is 864 g/mol. The van der Waals surface area contributed by atoms with Gasteiger partial charge in [-0.2, -0.15) is 0 Å². The summed E-state index contributed by atoms with van der Waals surface area (Å²) in [4.78, 5) is 46.0. The number of esters is 2. The molecule has 3 atom stereocenters. The number of unbranched alkanes of at least 4 members (excludes halogenated alkanes) is 16. The van der Waals surface area contributed by atoms with Gasteiger partial charge < -0.3 is 25.2 Å². The van der Waals surface area contributed by atoms with Gasteiger partial charge in [0.15, 0.2) is 6.10 Å². The fourth-order valence-corrected chi connectivity index (χ4v) is 6.63. The lowest BCUT2D eigenvalue weighted by Gasteiger charge is -2.20. The van der Waals surface area contributed by atoms with Crippen LogP contribution in [-0.4, -0.2) is 59.9 Å². The maximum atomic E-state index is 12.7. The Morgan fingerprint density at radius 3 is 1.43 bits per heavy atom. The highest BCUT2D eigenvalue weighted by Gasteiger charge is 2.28. The zero-order valence-electron chi connectivity index (χ0n) is 37.3. The molecule has 344 valence electrons. The number of carbonyl (C=O) groups is 3. The van der Waals surface area contributed by atoms with Crippen LogP contribution < -0.4 is 5.73 Å². The lowest BCUT2D eigenvalue weighted by atomic mass is 10.1. The van der Waals surface area contributed by atoms with E-state index in [0.717, 1.165) is 70.6 Å². The van der Waals surface area contributed by atoms with Crippen LogP contribution in [-0.2, 0) is 37.5 Å². The zero-order chi connectivity index (χ0) is 44.2. The smallest absolute Gasteiger partial charge is 0.472 e. The van der Waals surface area contributed by atoms with Crippen molar-refractivity contribution in [2.45, 2.75) is 193 Å². The summed E-state index contributed by atoms with van der Waals surface area (Å²) in [5.41, 5.74) is 5.34. The van der Waals surface area contributed by atoms with Crippen LogP contribution in [0.3, 0.4) is 0 Å². The van der Waals surface area contributed by atoms with Gasteiger partial charge in [0.05, 0.1) is 13.2 Å². The molecule has 0 saturated heterocycles. The third kappa shape index (κ3) is 41.6. The molecule has 12 heteroatoms. The molecule has 0 aliphatic heterocycles. The standard InChI is InChI=1S/C48H82NO10P/c1-3-5-7-9-11-13-15-17-19-21-22-24-25-27-29-31-33-35-37-39-46(50)56-41-44(42-57-60(54,55)58-43-45(49)48(52)53)59-47(51)40-38-36-34-32-30-28-26-23-20-18-16-14-12-10-8-6-4-2/h5,7,11,13-14,16-17,19,22,24,27,29,44-45H,3-4,6,8-10,12,15,18,20-21,23,25-26,28,30-43,49H2,1-2H3,(H,52,53)(H,54,55)/b7-5+,13-11+,16-14+,19-17+,24-22+,29-27+/t44-,45+/m1/s1. The normalized spacial score (nSPS) is 14.3. The highest BCUT2D eigenvalue weighted by atomic mass is 31.2. The fraction of sp³-hybridized carbons (Fsp3) is 0.688. The van der Waals surface area contributed by atoms with Crippen molar-refractivity contribution in [2.75, 3.05) is 19.8 Å². The lowest BCUT2D eigenvalue weighted by Crippen LogP contribution is -2.34. The van der Waals surface area contributed by atoms with Crippen molar-refractivity contribution in [3.05, 3.63) is 72.9 Å². The van der Waals surface area contributed by atoms with Crippen molar-refractivity contribution in [3.63, 3.8) is 0 Å². The molecule has 0 aliphatic rings. The Bertz CT molecular complexity index is 1290. The van der Waals surface area contributed by atoms with Crippen molar-refractivity contribution < 1.29 is 47.5 Å². The first-order valence-electron chi connectivity index (χ1n) is 23.0. The monoisotopic (exact) mass is 864 g/mol. The molecule has 0 radical (unpaired) electrons. The molecule has 0 bridgehead atoms. The minimum Gasteiger partial charge on any atom is -0.480 e. The van der Waals surface area contributed by atoms with Crippen LogP contribution in [0.4, 0.5) is 0 Å². The van der Waals surface area contributed by atoms with Gasteiger partial charge in [-0.05, 0) is 83.5 Å². The molecule has 0 rings (SSSR count). The van der Waals surface area contributed by atoms with Gasteiger partial charge in [0.2, 0.25) is 0 Å². The van der Waals surface area contributed by atoms with Crippen molar-refractivity contribution in [3.8, 4) is 0 Å². The summed E-state index contributed by atoms with van der Waals surface area (Å²) < 4.78 is 32.7. The van der Waals surface area contributed by atoms with Crippen LogP contribution >= 0.6 is 7.82 Å². The first-order chi connectivity index (χ1) is 29.1. The van der Waals surface area contributed by atoms with E-state index >= 15 is 0 Å². The molecule has 0 spiro atoms.